The van der Waals surface area contributed by atoms with Gasteiger partial charge in [-0.25, -0.2) is 4.98 Å². The third-order valence-corrected chi connectivity index (χ3v) is 6.43. The summed E-state index contributed by atoms with van der Waals surface area (Å²) >= 11 is 1.49. The number of H-pyrrole nitrogens is 1. The fraction of sp³-hybridized carbons (Fsp3) is 0.333. The molecule has 1 aliphatic heterocycles. The van der Waals surface area contributed by atoms with Gasteiger partial charge in [-0.05, 0) is 18.9 Å². The molecule has 1 saturated heterocycles. The lowest BCUT2D eigenvalue weighted by Gasteiger charge is -2.34. The molecule has 9 nitrogen and oxygen atoms in total. The van der Waals surface area contributed by atoms with E-state index in [4.69, 9.17) is 4.42 Å². The van der Waals surface area contributed by atoms with Crippen molar-refractivity contribution in [2.24, 2.45) is 7.05 Å². The van der Waals surface area contributed by atoms with Gasteiger partial charge in [0.15, 0.2) is 10.9 Å². The number of benzene rings is 1. The van der Waals surface area contributed by atoms with Crippen molar-refractivity contribution in [1.29, 1.82) is 0 Å². The summed E-state index contributed by atoms with van der Waals surface area (Å²) in [7, 11) is 1.93. The zero-order valence-corrected chi connectivity index (χ0v) is 17.9. The van der Waals surface area contributed by atoms with Crippen LogP contribution in [0.4, 0.5) is 5.82 Å². The molecule has 0 bridgehead atoms. The molecular weight excluding hydrogens is 414 g/mol. The van der Waals surface area contributed by atoms with Gasteiger partial charge >= 0.3 is 0 Å². The van der Waals surface area contributed by atoms with Gasteiger partial charge in [0, 0.05) is 48.9 Å². The average molecular weight is 438 g/mol. The molecule has 10 heteroatoms. The molecule has 0 radical (unpaired) electrons. The highest BCUT2D eigenvalue weighted by molar-refractivity contribution is 7.98. The van der Waals surface area contributed by atoms with E-state index in [9.17, 15) is 4.79 Å². The maximum absolute atomic E-state index is 13.2. The zero-order valence-electron chi connectivity index (χ0n) is 17.1. The Labute approximate surface area is 183 Å². The maximum Gasteiger partial charge on any atom is 0.287 e. The second-order valence-electron chi connectivity index (χ2n) is 7.56. The summed E-state index contributed by atoms with van der Waals surface area (Å²) in [6.45, 7) is 1.70. The lowest BCUT2D eigenvalue weighted by Crippen LogP contribution is -2.48. The lowest BCUT2D eigenvalue weighted by molar-refractivity contribution is 0.0906. The maximum atomic E-state index is 13.2. The number of anilines is 1. The largest absolute Gasteiger partial charge is 0.451 e. The van der Waals surface area contributed by atoms with E-state index in [1.165, 1.54) is 18.1 Å². The first kappa shape index (κ1) is 19.7. The second-order valence-corrected chi connectivity index (χ2v) is 8.52. The molecule has 0 spiro atoms. The number of rotatable bonds is 6. The van der Waals surface area contributed by atoms with Crippen LogP contribution in [0.25, 0.3) is 11.0 Å². The molecule has 1 unspecified atom stereocenters. The van der Waals surface area contributed by atoms with Gasteiger partial charge in [-0.2, -0.15) is 10.2 Å². The van der Waals surface area contributed by atoms with E-state index in [1.807, 2.05) is 42.1 Å². The van der Waals surface area contributed by atoms with Crippen LogP contribution in [0.3, 0.4) is 0 Å². The number of hydrogen-bond donors (Lipinski definition) is 2. The lowest BCUT2D eigenvalue weighted by atomic mass is 10.1. The van der Waals surface area contributed by atoms with Crippen molar-refractivity contribution >= 4 is 34.5 Å². The minimum absolute atomic E-state index is 0.0409. The summed E-state index contributed by atoms with van der Waals surface area (Å²) in [6, 6.07) is 9.78. The number of para-hydroxylation sites is 1. The number of nitrogens with zero attached hydrogens (tertiary/aromatic N) is 5. The number of hydrogen-bond acceptors (Lipinski definition) is 7. The van der Waals surface area contributed by atoms with E-state index in [-0.39, 0.29) is 11.9 Å². The van der Waals surface area contributed by atoms with Crippen LogP contribution in [-0.4, -0.2) is 50.0 Å². The van der Waals surface area contributed by atoms with E-state index >= 15 is 0 Å². The number of furan rings is 1. The smallest absolute Gasteiger partial charge is 0.287 e. The number of aryl methyl sites for hydroxylation is 1. The Morgan fingerprint density at radius 2 is 2.26 bits per heavy atom. The first-order valence-corrected chi connectivity index (χ1v) is 11.2. The van der Waals surface area contributed by atoms with Crippen LogP contribution >= 0.6 is 11.8 Å². The Morgan fingerprint density at radius 1 is 1.35 bits per heavy atom. The Morgan fingerprint density at radius 3 is 3.06 bits per heavy atom. The third-order valence-electron chi connectivity index (χ3n) is 5.53. The fourth-order valence-corrected chi connectivity index (χ4v) is 4.87. The predicted octanol–water partition coefficient (Wildman–Crippen LogP) is 2.98. The van der Waals surface area contributed by atoms with Gasteiger partial charge in [-0.3, -0.25) is 14.6 Å². The van der Waals surface area contributed by atoms with E-state index in [0.29, 0.717) is 22.3 Å². The highest BCUT2D eigenvalue weighted by atomic mass is 32.2. The molecule has 1 atom stereocenters. The summed E-state index contributed by atoms with van der Waals surface area (Å²) in [5.74, 6) is 1.81. The Hall–Kier alpha value is -3.27. The molecule has 4 aromatic rings. The van der Waals surface area contributed by atoms with E-state index in [0.717, 1.165) is 42.7 Å². The molecule has 3 aromatic heterocycles. The van der Waals surface area contributed by atoms with Crippen molar-refractivity contribution in [3.63, 3.8) is 0 Å². The van der Waals surface area contributed by atoms with E-state index < -0.39 is 0 Å². The highest BCUT2D eigenvalue weighted by Gasteiger charge is 2.27. The average Bonchev–Trinajstić information content (AvgIpc) is 3.52. The quantitative estimate of drug-likeness (QED) is 0.447. The summed E-state index contributed by atoms with van der Waals surface area (Å²) in [5.41, 5.74) is 1.58. The number of carbonyl (C=O) groups is 1. The monoisotopic (exact) mass is 437 g/mol. The molecule has 2 N–H and O–H groups in total. The molecule has 1 aliphatic rings. The molecular formula is C21H23N7O2S. The van der Waals surface area contributed by atoms with Crippen LogP contribution in [-0.2, 0) is 12.8 Å². The minimum Gasteiger partial charge on any atom is -0.451 e. The van der Waals surface area contributed by atoms with Crippen molar-refractivity contribution in [1.82, 2.24) is 30.3 Å². The van der Waals surface area contributed by atoms with Crippen LogP contribution < -0.4 is 10.2 Å². The van der Waals surface area contributed by atoms with Gasteiger partial charge < -0.3 is 14.6 Å². The molecule has 1 aromatic carbocycles. The summed E-state index contributed by atoms with van der Waals surface area (Å²) in [4.78, 5) is 19.7. The van der Waals surface area contributed by atoms with Gasteiger partial charge in [-0.15, -0.1) is 0 Å². The van der Waals surface area contributed by atoms with Gasteiger partial charge in [0.2, 0.25) is 0 Å². The van der Waals surface area contributed by atoms with Crippen molar-refractivity contribution < 1.29 is 9.21 Å². The molecule has 31 heavy (non-hydrogen) atoms. The number of carbonyl (C=O) groups excluding carboxylic acids is 1. The Kier molecular flexibility index (Phi) is 5.37. The Bertz CT molecular complexity index is 1180. The summed E-state index contributed by atoms with van der Waals surface area (Å²) in [6.07, 6.45) is 5.21. The summed E-state index contributed by atoms with van der Waals surface area (Å²) < 4.78 is 7.85. The first-order chi connectivity index (χ1) is 15.2. The SMILES string of the molecule is Cn1nccc1N1CCCC(NC(=O)c2oc3ccccc3c2CSc2ncn[nH]2)C1. The second kappa shape index (κ2) is 8.46. The summed E-state index contributed by atoms with van der Waals surface area (Å²) in [5, 5.41) is 15.8. The predicted molar refractivity (Wildman–Crippen MR) is 118 cm³/mol. The van der Waals surface area contributed by atoms with Crippen molar-refractivity contribution in [3.05, 3.63) is 54.2 Å². The zero-order chi connectivity index (χ0) is 21.2. The van der Waals surface area contributed by atoms with Gasteiger partial charge in [0.05, 0.1) is 6.20 Å². The Balaban J connectivity index is 1.35. The minimum atomic E-state index is -0.179. The number of aromatic nitrogens is 5. The van der Waals surface area contributed by atoms with Crippen LogP contribution in [0.1, 0.15) is 29.0 Å². The van der Waals surface area contributed by atoms with Crippen molar-refractivity contribution in [2.75, 3.05) is 18.0 Å². The van der Waals surface area contributed by atoms with Crippen LogP contribution in [0.15, 0.2) is 52.4 Å². The van der Waals surface area contributed by atoms with Gasteiger partial charge in [0.1, 0.15) is 17.7 Å². The number of piperidine rings is 1. The van der Waals surface area contributed by atoms with E-state index in [2.05, 4.69) is 30.5 Å². The molecule has 0 aliphatic carbocycles. The van der Waals surface area contributed by atoms with Crippen LogP contribution in [0.2, 0.25) is 0 Å². The standard InChI is InChI=1S/C21H23N7O2S/c1-27-18(8-9-24-27)28-10-4-5-14(11-28)25-20(29)19-16(12-31-21-22-13-23-26-21)15-6-2-3-7-17(15)30-19/h2-3,6-9,13-14H,4-5,10-12H2,1H3,(H,25,29)(H,22,23,26). The molecule has 1 fully saturated rings. The number of thioether (sulfide) groups is 1. The topological polar surface area (TPSA) is 105 Å². The van der Waals surface area contributed by atoms with Crippen molar-refractivity contribution in [2.45, 2.75) is 29.8 Å². The number of fused-ring (bicyclic) bond motifs is 1. The number of aromatic amines is 1. The fourth-order valence-electron chi connectivity index (χ4n) is 4.06. The van der Waals surface area contributed by atoms with Gasteiger partial charge in [-0.1, -0.05) is 30.0 Å². The molecule has 5 rings (SSSR count). The number of nitrogens with one attached hydrogen (secondary N) is 2. The highest BCUT2D eigenvalue weighted by Crippen LogP contribution is 2.31. The van der Waals surface area contributed by atoms with Gasteiger partial charge in [0.25, 0.3) is 5.91 Å². The third kappa shape index (κ3) is 4.02. The molecule has 1 amide bonds. The molecule has 0 saturated carbocycles. The number of amides is 1. The van der Waals surface area contributed by atoms with Crippen LogP contribution in [0.5, 0.6) is 0 Å². The van der Waals surface area contributed by atoms with Crippen molar-refractivity contribution in [3.8, 4) is 0 Å². The molecule has 4 heterocycles. The van der Waals surface area contributed by atoms with Crippen LogP contribution in [0, 0.1) is 0 Å². The first-order valence-electron chi connectivity index (χ1n) is 10.2. The molecule has 160 valence electrons. The normalized spacial score (nSPS) is 16.7. The van der Waals surface area contributed by atoms with E-state index in [1.54, 1.807) is 6.20 Å².